The Bertz CT molecular complexity index is 1070. The third-order valence-corrected chi connectivity index (χ3v) is 4.64. The summed E-state index contributed by atoms with van der Waals surface area (Å²) in [5.41, 5.74) is 4.10. The molecule has 6 nitrogen and oxygen atoms in total. The zero-order valence-corrected chi connectivity index (χ0v) is 15.2. The molecule has 7 heteroatoms. The molecule has 1 atom stereocenters. The monoisotopic (exact) mass is 367 g/mol. The molecule has 4 rings (SSSR count). The van der Waals surface area contributed by atoms with Crippen LogP contribution in [0.3, 0.4) is 0 Å². The second kappa shape index (κ2) is 6.42. The van der Waals surface area contributed by atoms with E-state index in [4.69, 9.17) is 21.4 Å². The van der Waals surface area contributed by atoms with Gasteiger partial charge in [-0.1, -0.05) is 30.3 Å². The molecule has 132 valence electrons. The minimum atomic E-state index is -0.210. The molecule has 1 aliphatic rings. The summed E-state index contributed by atoms with van der Waals surface area (Å²) in [7, 11) is 1.58. The number of rotatable bonds is 3. The van der Waals surface area contributed by atoms with Gasteiger partial charge in [0, 0.05) is 13.3 Å². The number of nitrogens with one attached hydrogen (secondary N) is 1. The number of benzene rings is 2. The van der Waals surface area contributed by atoms with E-state index in [-0.39, 0.29) is 16.8 Å². The number of H-pyrrole nitrogens is 1. The molecule has 3 aromatic rings. The van der Waals surface area contributed by atoms with Crippen LogP contribution in [0.2, 0.25) is 0 Å². The number of aromatic nitrogens is 1. The first-order valence-corrected chi connectivity index (χ1v) is 8.61. The molecule has 0 saturated heterocycles. The SMILES string of the molecule is COc1cc(C2CC(c3ccccc3)=NN2C(C)=O)cc2[nH]c(=S)oc12. The lowest BCUT2D eigenvalue weighted by Crippen LogP contribution is -2.24. The van der Waals surface area contributed by atoms with Crippen LogP contribution in [-0.2, 0) is 4.79 Å². The first-order valence-electron chi connectivity index (χ1n) is 8.20. The Labute approximate surface area is 155 Å². The number of carbonyl (C=O) groups is 1. The van der Waals surface area contributed by atoms with E-state index in [9.17, 15) is 4.79 Å². The Morgan fingerprint density at radius 2 is 2.12 bits per heavy atom. The number of oxazole rings is 1. The van der Waals surface area contributed by atoms with E-state index in [0.717, 1.165) is 22.4 Å². The molecule has 0 radical (unpaired) electrons. The zero-order valence-electron chi connectivity index (χ0n) is 14.4. The highest BCUT2D eigenvalue weighted by molar-refractivity contribution is 7.71. The van der Waals surface area contributed by atoms with Crippen LogP contribution in [0.5, 0.6) is 5.75 Å². The predicted molar refractivity (Wildman–Crippen MR) is 101 cm³/mol. The lowest BCUT2D eigenvalue weighted by atomic mass is 9.98. The van der Waals surface area contributed by atoms with Crippen LogP contribution in [0.15, 0.2) is 52.0 Å². The highest BCUT2D eigenvalue weighted by Gasteiger charge is 2.32. The summed E-state index contributed by atoms with van der Waals surface area (Å²) in [6.45, 7) is 1.52. The van der Waals surface area contributed by atoms with E-state index in [1.807, 2.05) is 42.5 Å². The van der Waals surface area contributed by atoms with Gasteiger partial charge in [-0.2, -0.15) is 5.10 Å². The minimum absolute atomic E-state index is 0.111. The molecule has 1 unspecified atom stereocenters. The maximum atomic E-state index is 12.2. The molecule has 0 fully saturated rings. The van der Waals surface area contributed by atoms with E-state index < -0.39 is 0 Å². The molecule has 1 N–H and O–H groups in total. The fourth-order valence-electron chi connectivity index (χ4n) is 3.26. The van der Waals surface area contributed by atoms with Crippen molar-refractivity contribution in [2.24, 2.45) is 5.10 Å². The van der Waals surface area contributed by atoms with Crippen molar-refractivity contribution in [1.29, 1.82) is 0 Å². The van der Waals surface area contributed by atoms with Gasteiger partial charge in [-0.3, -0.25) is 4.79 Å². The first kappa shape index (κ1) is 16.5. The number of nitrogens with zero attached hydrogens (tertiary/aromatic N) is 2. The summed E-state index contributed by atoms with van der Waals surface area (Å²) in [6, 6.07) is 13.5. The number of hydrogen-bond donors (Lipinski definition) is 1. The van der Waals surface area contributed by atoms with Gasteiger partial charge in [-0.05, 0) is 35.5 Å². The molecule has 1 aliphatic heterocycles. The molecular formula is C19H17N3O3S. The third-order valence-electron chi connectivity index (χ3n) is 4.45. The maximum absolute atomic E-state index is 12.2. The van der Waals surface area contributed by atoms with Gasteiger partial charge < -0.3 is 14.1 Å². The summed E-state index contributed by atoms with van der Waals surface area (Å²) in [4.78, 5) is 15.5. The summed E-state index contributed by atoms with van der Waals surface area (Å²) in [5.74, 6) is 0.460. The van der Waals surface area contributed by atoms with E-state index >= 15 is 0 Å². The molecule has 2 aromatic carbocycles. The maximum Gasteiger partial charge on any atom is 0.267 e. The smallest absolute Gasteiger partial charge is 0.267 e. The summed E-state index contributed by atoms with van der Waals surface area (Å²) < 4.78 is 10.9. The number of hydrogen-bond acceptors (Lipinski definition) is 5. The number of ether oxygens (including phenoxy) is 1. The van der Waals surface area contributed by atoms with Gasteiger partial charge in [0.25, 0.3) is 4.84 Å². The second-order valence-electron chi connectivity index (χ2n) is 6.11. The molecule has 0 aliphatic carbocycles. The van der Waals surface area contributed by atoms with Gasteiger partial charge in [0.05, 0.1) is 24.4 Å². The molecule has 0 spiro atoms. The van der Waals surface area contributed by atoms with Gasteiger partial charge in [-0.15, -0.1) is 0 Å². The zero-order chi connectivity index (χ0) is 18.3. The predicted octanol–water partition coefficient (Wildman–Crippen LogP) is 4.20. The number of carbonyl (C=O) groups excluding carboxylic acids is 1. The minimum Gasteiger partial charge on any atom is -0.493 e. The highest BCUT2D eigenvalue weighted by atomic mass is 32.1. The van der Waals surface area contributed by atoms with E-state index in [1.54, 1.807) is 7.11 Å². The largest absolute Gasteiger partial charge is 0.493 e. The van der Waals surface area contributed by atoms with Crippen LogP contribution in [0, 0.1) is 4.84 Å². The molecule has 1 amide bonds. The summed E-state index contributed by atoms with van der Waals surface area (Å²) >= 11 is 5.08. The van der Waals surface area contributed by atoms with Gasteiger partial charge in [0.15, 0.2) is 11.3 Å². The van der Waals surface area contributed by atoms with Crippen molar-refractivity contribution < 1.29 is 13.9 Å². The van der Waals surface area contributed by atoms with Crippen LogP contribution < -0.4 is 4.74 Å². The molecular weight excluding hydrogens is 350 g/mol. The van der Waals surface area contributed by atoms with E-state index in [2.05, 4.69) is 10.1 Å². The molecule has 2 heterocycles. The highest BCUT2D eigenvalue weighted by Crippen LogP contribution is 2.37. The first-order chi connectivity index (χ1) is 12.6. The Balaban J connectivity index is 1.78. The lowest BCUT2D eigenvalue weighted by Gasteiger charge is -2.21. The molecule has 0 bridgehead atoms. The van der Waals surface area contributed by atoms with Crippen molar-refractivity contribution in [3.05, 3.63) is 58.4 Å². The summed E-state index contributed by atoms with van der Waals surface area (Å²) in [5, 5.41) is 6.09. The van der Waals surface area contributed by atoms with Crippen molar-refractivity contribution in [3.63, 3.8) is 0 Å². The van der Waals surface area contributed by atoms with Crippen molar-refractivity contribution in [2.75, 3.05) is 7.11 Å². The van der Waals surface area contributed by atoms with Crippen LogP contribution in [-0.4, -0.2) is 28.7 Å². The van der Waals surface area contributed by atoms with Crippen molar-refractivity contribution in [2.45, 2.75) is 19.4 Å². The Kier molecular flexibility index (Phi) is 4.08. The van der Waals surface area contributed by atoms with Crippen molar-refractivity contribution in [3.8, 4) is 5.75 Å². The van der Waals surface area contributed by atoms with Gasteiger partial charge in [0.2, 0.25) is 5.91 Å². The Morgan fingerprint density at radius 3 is 2.81 bits per heavy atom. The fourth-order valence-corrected chi connectivity index (χ4v) is 3.45. The van der Waals surface area contributed by atoms with Gasteiger partial charge >= 0.3 is 0 Å². The van der Waals surface area contributed by atoms with Crippen LogP contribution in [0.4, 0.5) is 0 Å². The molecule has 1 aromatic heterocycles. The van der Waals surface area contributed by atoms with Crippen molar-refractivity contribution in [1.82, 2.24) is 9.99 Å². The molecule has 0 saturated carbocycles. The third kappa shape index (κ3) is 2.80. The lowest BCUT2D eigenvalue weighted by molar-refractivity contribution is -0.130. The van der Waals surface area contributed by atoms with E-state index in [1.165, 1.54) is 11.9 Å². The van der Waals surface area contributed by atoms with Crippen molar-refractivity contribution >= 4 is 34.9 Å². The number of methoxy groups -OCH3 is 1. The van der Waals surface area contributed by atoms with Crippen LogP contribution in [0.25, 0.3) is 11.1 Å². The Hall–Kier alpha value is -2.93. The fraction of sp³-hybridized carbons (Fsp3) is 0.211. The second-order valence-corrected chi connectivity index (χ2v) is 6.48. The van der Waals surface area contributed by atoms with E-state index in [0.29, 0.717) is 17.8 Å². The number of fused-ring (bicyclic) bond motifs is 1. The van der Waals surface area contributed by atoms with Gasteiger partial charge in [0.1, 0.15) is 0 Å². The normalized spacial score (nSPS) is 16.8. The Morgan fingerprint density at radius 1 is 1.35 bits per heavy atom. The molecule has 26 heavy (non-hydrogen) atoms. The van der Waals surface area contributed by atoms with Crippen LogP contribution >= 0.6 is 12.2 Å². The van der Waals surface area contributed by atoms with Crippen LogP contribution in [0.1, 0.15) is 30.5 Å². The topological polar surface area (TPSA) is 70.8 Å². The standard InChI is InChI=1S/C19H17N3O3S/c1-11(23)22-16(10-14(21-22)12-6-4-3-5-7-12)13-8-15-18(17(9-13)24-2)25-19(26)20-15/h3-9,16H,10H2,1-2H3,(H,20,26). The van der Waals surface area contributed by atoms with Gasteiger partial charge in [-0.25, -0.2) is 5.01 Å². The summed E-state index contributed by atoms with van der Waals surface area (Å²) in [6.07, 6.45) is 0.622. The number of hydrazone groups is 1. The average molecular weight is 367 g/mol. The average Bonchev–Trinajstić information content (AvgIpc) is 3.24. The quantitative estimate of drug-likeness (QED) is 0.705. The number of aromatic amines is 1. The number of amides is 1.